The van der Waals surface area contributed by atoms with Crippen LogP contribution < -0.4 is 26.3 Å². The summed E-state index contributed by atoms with van der Waals surface area (Å²) in [5.74, 6) is -2.83. The molecule has 0 saturated carbocycles. The molecule has 3 aliphatic rings. The van der Waals surface area contributed by atoms with Gasteiger partial charge in [0.15, 0.2) is 0 Å². The first kappa shape index (κ1) is 30.3. The van der Waals surface area contributed by atoms with Crippen LogP contribution in [0.25, 0.3) is 0 Å². The molecule has 7 atom stereocenters. The quantitative estimate of drug-likeness (QED) is 0.148. The Labute approximate surface area is 225 Å². The van der Waals surface area contributed by atoms with Crippen LogP contribution in [0, 0.1) is 11.8 Å². The fourth-order valence-electron chi connectivity index (χ4n) is 6.36. The van der Waals surface area contributed by atoms with E-state index in [9.17, 15) is 24.3 Å². The van der Waals surface area contributed by atoms with Crippen molar-refractivity contribution in [3.8, 4) is 0 Å². The molecule has 3 saturated heterocycles. The number of carboxylic acids is 1. The maximum Gasteiger partial charge on any atom is 0.244 e. The monoisotopic (exact) mass is 538 g/mol. The number of aliphatic carboxylic acids is 1. The number of carbonyl (C=O) groups is 4. The lowest BCUT2D eigenvalue weighted by Gasteiger charge is -2.43. The van der Waals surface area contributed by atoms with Crippen LogP contribution in [0.2, 0.25) is 0 Å². The predicted octanol–water partition coefficient (Wildman–Crippen LogP) is -1.50. The smallest absolute Gasteiger partial charge is 0.244 e. The predicted molar refractivity (Wildman–Crippen MR) is 136 cm³/mol. The van der Waals surface area contributed by atoms with E-state index in [1.807, 2.05) is 6.92 Å². The fourth-order valence-corrected chi connectivity index (χ4v) is 6.36. The average molecular weight is 539 g/mol. The summed E-state index contributed by atoms with van der Waals surface area (Å²) in [7, 11) is 0. The van der Waals surface area contributed by atoms with E-state index in [4.69, 9.17) is 5.21 Å². The molecule has 3 rings (SSSR count). The van der Waals surface area contributed by atoms with Crippen LogP contribution in [-0.4, -0.2) is 82.7 Å². The van der Waals surface area contributed by atoms with Crippen LogP contribution in [0.5, 0.6) is 0 Å². The summed E-state index contributed by atoms with van der Waals surface area (Å²) in [6.45, 7) is 8.26. The number of carboxylic acid groups (broad SMARTS) is 1. The fraction of sp³-hybridized carbons (Fsp3) is 0.846. The van der Waals surface area contributed by atoms with Crippen molar-refractivity contribution in [2.75, 3.05) is 19.6 Å². The van der Waals surface area contributed by atoms with Crippen molar-refractivity contribution < 1.29 is 34.5 Å². The van der Waals surface area contributed by atoms with Crippen LogP contribution in [0.1, 0.15) is 85.0 Å². The molecular formula is C26H46N6O6. The minimum atomic E-state index is -1.05. The van der Waals surface area contributed by atoms with Crippen molar-refractivity contribution in [3.05, 3.63) is 0 Å². The summed E-state index contributed by atoms with van der Waals surface area (Å²) in [5, 5.41) is 28.7. The van der Waals surface area contributed by atoms with Gasteiger partial charge in [-0.3, -0.25) is 24.6 Å². The second-order valence-electron chi connectivity index (χ2n) is 11.1. The lowest BCUT2D eigenvalue weighted by atomic mass is 9.89. The van der Waals surface area contributed by atoms with Gasteiger partial charge in [-0.15, -0.1) is 0 Å². The molecule has 0 aromatic heterocycles. The molecule has 5 N–H and O–H groups in total. The number of hydrogen-bond acceptors (Lipinski definition) is 8. The van der Waals surface area contributed by atoms with Gasteiger partial charge in [0, 0.05) is 38.3 Å². The maximum absolute atomic E-state index is 13.8. The Morgan fingerprint density at radius 3 is 2.55 bits per heavy atom. The molecule has 3 aliphatic heterocycles. The first-order valence-electron chi connectivity index (χ1n) is 14.4. The molecule has 38 heavy (non-hydrogen) atoms. The van der Waals surface area contributed by atoms with E-state index in [2.05, 4.69) is 29.6 Å². The highest BCUT2D eigenvalue weighted by molar-refractivity contribution is 5.90. The van der Waals surface area contributed by atoms with Gasteiger partial charge in [-0.05, 0) is 31.6 Å². The minimum absolute atomic E-state index is 0.0941. The largest absolute Gasteiger partial charge is 0.544 e. The molecule has 12 nitrogen and oxygen atoms in total. The normalized spacial score (nSPS) is 28.2. The maximum atomic E-state index is 13.8. The Hall–Kier alpha value is -2.28. The highest BCUT2D eigenvalue weighted by Crippen LogP contribution is 2.23. The van der Waals surface area contributed by atoms with Crippen molar-refractivity contribution in [3.63, 3.8) is 0 Å². The van der Waals surface area contributed by atoms with Gasteiger partial charge in [0.2, 0.25) is 17.7 Å². The first-order valence-corrected chi connectivity index (χ1v) is 14.4. The standard InChI is InChI=1S/C26H46N6O6/c1-4-6-9-18(16-22(33)29-38)25(35)31-20(10-7-13-27-31)24(34)28-23(17(3)5-2)19-12-15-30-14-8-11-21(26(36)37)32(19)30/h17-21,23,27,38H,4-16H2,1-3H3,(H,28,34)(H,29,33)(H,36,37). The molecule has 3 fully saturated rings. The van der Waals surface area contributed by atoms with Gasteiger partial charge in [0.25, 0.3) is 0 Å². The van der Waals surface area contributed by atoms with Crippen molar-refractivity contribution in [1.82, 2.24) is 26.2 Å². The lowest BCUT2D eigenvalue weighted by molar-refractivity contribution is -1.04. The molecule has 7 unspecified atom stereocenters. The Morgan fingerprint density at radius 1 is 1.13 bits per heavy atom. The van der Waals surface area contributed by atoms with Crippen LogP contribution in [0.4, 0.5) is 0 Å². The lowest BCUT2D eigenvalue weighted by Crippen LogP contribution is -3.25. The second-order valence-corrected chi connectivity index (χ2v) is 11.1. The molecule has 0 spiro atoms. The molecule has 0 aliphatic carbocycles. The molecule has 0 aromatic rings. The van der Waals surface area contributed by atoms with Gasteiger partial charge in [0.1, 0.15) is 24.1 Å². The molecule has 3 amide bonds. The second kappa shape index (κ2) is 14.2. The Kier molecular flexibility index (Phi) is 11.3. The molecule has 0 bridgehead atoms. The third-order valence-corrected chi connectivity index (χ3v) is 8.62. The van der Waals surface area contributed by atoms with E-state index in [0.29, 0.717) is 32.2 Å². The van der Waals surface area contributed by atoms with Crippen molar-refractivity contribution in [2.24, 2.45) is 11.8 Å². The number of amides is 3. The van der Waals surface area contributed by atoms with Crippen LogP contribution in [-0.2, 0) is 19.2 Å². The number of unbranched alkanes of at least 4 members (excludes halogenated alkanes) is 1. The summed E-state index contributed by atoms with van der Waals surface area (Å²) in [4.78, 5) is 51.2. The summed E-state index contributed by atoms with van der Waals surface area (Å²) in [5.41, 5.74) is 4.69. The van der Waals surface area contributed by atoms with Crippen LogP contribution in [0.3, 0.4) is 0 Å². The zero-order valence-corrected chi connectivity index (χ0v) is 23.0. The van der Waals surface area contributed by atoms with Crippen LogP contribution in [0.15, 0.2) is 0 Å². The highest BCUT2D eigenvalue weighted by Gasteiger charge is 2.49. The van der Waals surface area contributed by atoms with Gasteiger partial charge < -0.3 is 15.2 Å². The number of hydroxylamine groups is 1. The summed E-state index contributed by atoms with van der Waals surface area (Å²) in [6, 6.07) is -1.73. The molecular weight excluding hydrogens is 492 g/mol. The Morgan fingerprint density at radius 2 is 1.89 bits per heavy atom. The number of nitrogens with zero attached hydrogens (tertiary/aromatic N) is 2. The number of nitrogens with one attached hydrogen (secondary N) is 4. The SMILES string of the molecule is CCCCC(CC(=O)NO)C(=O)N1NCCCC1C(=O)NC(C(C)CC)C1CCN2CCCC(C(=O)[O-])[NH+]12. The molecule has 216 valence electrons. The number of quaternary nitrogens is 1. The molecule has 0 aromatic carbocycles. The zero-order valence-electron chi connectivity index (χ0n) is 23.0. The summed E-state index contributed by atoms with van der Waals surface area (Å²) >= 11 is 0. The third-order valence-electron chi connectivity index (χ3n) is 8.62. The number of fused-ring (bicyclic) bond motifs is 1. The van der Waals surface area contributed by atoms with Gasteiger partial charge in [-0.2, -0.15) is 5.01 Å². The number of carbonyl (C=O) groups excluding carboxylic acids is 4. The summed E-state index contributed by atoms with van der Waals surface area (Å²) in [6.07, 6.45) is 6.07. The zero-order chi connectivity index (χ0) is 27.8. The first-order chi connectivity index (χ1) is 18.2. The van der Waals surface area contributed by atoms with E-state index in [1.165, 1.54) is 5.01 Å². The average Bonchev–Trinajstić information content (AvgIpc) is 3.36. The van der Waals surface area contributed by atoms with E-state index < -0.39 is 29.9 Å². The minimum Gasteiger partial charge on any atom is -0.544 e. The molecule has 12 heteroatoms. The number of hydrogen-bond donors (Lipinski definition) is 5. The van der Waals surface area contributed by atoms with E-state index in [-0.39, 0.29) is 36.2 Å². The van der Waals surface area contributed by atoms with Gasteiger partial charge >= 0.3 is 0 Å². The van der Waals surface area contributed by atoms with Gasteiger partial charge in [-0.1, -0.05) is 40.0 Å². The van der Waals surface area contributed by atoms with Crippen molar-refractivity contribution in [2.45, 2.75) is 109 Å². The van der Waals surface area contributed by atoms with Crippen LogP contribution >= 0.6 is 0 Å². The van der Waals surface area contributed by atoms with E-state index in [1.54, 1.807) is 5.48 Å². The van der Waals surface area contributed by atoms with E-state index >= 15 is 0 Å². The summed E-state index contributed by atoms with van der Waals surface area (Å²) < 4.78 is 0. The highest BCUT2D eigenvalue weighted by atomic mass is 16.5. The van der Waals surface area contributed by atoms with Gasteiger partial charge in [0.05, 0.1) is 12.6 Å². The Bertz CT molecular complexity index is 843. The number of hydrazine groups is 1. The van der Waals surface area contributed by atoms with E-state index in [0.717, 1.165) is 50.2 Å². The Balaban J connectivity index is 1.80. The van der Waals surface area contributed by atoms with Gasteiger partial charge in [-0.25, -0.2) is 15.9 Å². The molecule has 0 radical (unpaired) electrons. The van der Waals surface area contributed by atoms with Crippen molar-refractivity contribution >= 4 is 23.7 Å². The molecule has 3 heterocycles. The number of rotatable bonds is 12. The van der Waals surface area contributed by atoms with Crippen molar-refractivity contribution in [1.29, 1.82) is 0 Å². The third kappa shape index (κ3) is 7.02. The topological polar surface area (TPSA) is 159 Å².